The second-order valence-electron chi connectivity index (χ2n) is 20.2. The van der Waals surface area contributed by atoms with Gasteiger partial charge in [0.1, 0.15) is 12.7 Å². The molecule has 12 heteroatoms. The van der Waals surface area contributed by atoms with Crippen LogP contribution in [0.2, 0.25) is 0 Å². The van der Waals surface area contributed by atoms with Gasteiger partial charge in [0.2, 0.25) is 0 Å². The molecule has 0 aliphatic rings. The maximum Gasteiger partial charge on any atom is 0.472 e. The molecule has 414 valence electrons. The monoisotopic (exact) mass is 1010 g/mol. The maximum absolute atomic E-state index is 12.9. The second-order valence-corrected chi connectivity index (χ2v) is 21.6. The van der Waals surface area contributed by atoms with Gasteiger partial charge in [-0.3, -0.25) is 23.4 Å². The molecular weight excluding hydrogens is 904 g/mol. The molecule has 0 aliphatic carbocycles. The number of aliphatic hydroxyl groups is 1. The van der Waals surface area contributed by atoms with Gasteiger partial charge in [0.25, 0.3) is 0 Å². The molecule has 0 heterocycles. The van der Waals surface area contributed by atoms with Crippen molar-refractivity contribution in [3.05, 3.63) is 12.2 Å². The number of ether oxygens (including phenoxy) is 3. The first-order valence-corrected chi connectivity index (χ1v) is 31.1. The summed E-state index contributed by atoms with van der Waals surface area (Å²) in [7, 11) is -4.74. The molecule has 0 bridgehead atoms. The van der Waals surface area contributed by atoms with E-state index in [1.807, 2.05) is 0 Å². The number of phosphoric acid groups is 1. The lowest BCUT2D eigenvalue weighted by atomic mass is 10.0. The zero-order chi connectivity index (χ0) is 51.3. The summed E-state index contributed by atoms with van der Waals surface area (Å²) < 4.78 is 39.5. The van der Waals surface area contributed by atoms with Crippen molar-refractivity contribution >= 4 is 25.7 Å². The van der Waals surface area contributed by atoms with Crippen molar-refractivity contribution in [2.45, 2.75) is 315 Å². The maximum atomic E-state index is 12.9. The summed E-state index contributed by atoms with van der Waals surface area (Å²) in [6.07, 6.45) is 51.7. The molecule has 3 atom stereocenters. The Morgan fingerprint density at radius 2 is 0.657 bits per heavy atom. The Labute approximate surface area is 430 Å². The van der Waals surface area contributed by atoms with Gasteiger partial charge in [-0.25, -0.2) is 4.57 Å². The molecule has 0 spiro atoms. The van der Waals surface area contributed by atoms with Crippen LogP contribution in [0.15, 0.2) is 12.2 Å². The van der Waals surface area contributed by atoms with Gasteiger partial charge in [0.15, 0.2) is 6.10 Å². The molecule has 3 unspecified atom stereocenters. The molecule has 0 saturated heterocycles. The highest BCUT2D eigenvalue weighted by Gasteiger charge is 2.28. The quantitative estimate of drug-likeness (QED) is 0.0197. The number of phosphoric ester groups is 1. The lowest BCUT2D eigenvalue weighted by molar-refractivity contribution is -0.161. The average Bonchev–Trinajstić information content (AvgIpc) is 3.35. The first kappa shape index (κ1) is 68.2. The predicted molar refractivity (Wildman–Crippen MR) is 289 cm³/mol. The Morgan fingerprint density at radius 3 is 0.986 bits per heavy atom. The highest BCUT2D eigenvalue weighted by atomic mass is 31.2. The van der Waals surface area contributed by atoms with E-state index >= 15 is 0 Å². The molecule has 0 amide bonds. The average molecular weight is 1020 g/mol. The minimum atomic E-state index is -4.74. The van der Waals surface area contributed by atoms with E-state index in [1.54, 1.807) is 0 Å². The molecule has 2 N–H and O–H groups in total. The largest absolute Gasteiger partial charge is 0.472 e. The fraction of sp³-hybridized carbons (Fsp3) is 0.914. The van der Waals surface area contributed by atoms with Gasteiger partial charge in [0, 0.05) is 19.3 Å². The van der Waals surface area contributed by atoms with Crippen LogP contribution in [0, 0.1) is 0 Å². The topological polar surface area (TPSA) is 155 Å². The van der Waals surface area contributed by atoms with E-state index in [0.717, 1.165) is 77.0 Å². The second kappa shape index (κ2) is 53.5. The number of aliphatic hydroxyl groups excluding tert-OH is 1. The van der Waals surface area contributed by atoms with Crippen LogP contribution >= 0.6 is 7.82 Å². The van der Waals surface area contributed by atoms with Crippen LogP contribution in [0.5, 0.6) is 0 Å². The summed E-state index contributed by atoms with van der Waals surface area (Å²) in [6, 6.07) is 0. The molecule has 0 aliphatic heterocycles. The van der Waals surface area contributed by atoms with Gasteiger partial charge < -0.3 is 24.2 Å². The lowest BCUT2D eigenvalue weighted by Gasteiger charge is -2.21. The highest BCUT2D eigenvalue weighted by Crippen LogP contribution is 2.43. The Balaban J connectivity index is 4.68. The zero-order valence-electron chi connectivity index (χ0n) is 45.8. The van der Waals surface area contributed by atoms with Gasteiger partial charge >= 0.3 is 25.7 Å². The number of hydrogen-bond acceptors (Lipinski definition) is 10. The fourth-order valence-corrected chi connectivity index (χ4v) is 9.43. The molecule has 0 rings (SSSR count). The summed E-state index contributed by atoms with van der Waals surface area (Å²) in [5.74, 6) is -1.44. The van der Waals surface area contributed by atoms with Gasteiger partial charge in [-0.05, 0) is 44.9 Å². The Hall–Kier alpha value is -1.78. The number of hydrogen-bond donors (Lipinski definition) is 2. The van der Waals surface area contributed by atoms with Gasteiger partial charge in [-0.15, -0.1) is 0 Å². The lowest BCUT2D eigenvalue weighted by Crippen LogP contribution is -2.30. The smallest absolute Gasteiger partial charge is 0.462 e. The number of unbranched alkanes of at least 4 members (excludes halogenated alkanes) is 37. The van der Waals surface area contributed by atoms with E-state index in [0.29, 0.717) is 19.3 Å². The Bertz CT molecular complexity index is 1230. The number of rotatable bonds is 56. The predicted octanol–water partition coefficient (Wildman–Crippen LogP) is 17.3. The molecule has 0 saturated carbocycles. The van der Waals surface area contributed by atoms with Gasteiger partial charge in [0.05, 0.1) is 19.8 Å². The third-order valence-corrected chi connectivity index (χ3v) is 14.1. The van der Waals surface area contributed by atoms with Crippen LogP contribution < -0.4 is 0 Å². The molecule has 0 aromatic rings. The van der Waals surface area contributed by atoms with E-state index in [1.165, 1.54) is 167 Å². The van der Waals surface area contributed by atoms with Crippen molar-refractivity contribution in [3.63, 3.8) is 0 Å². The van der Waals surface area contributed by atoms with Crippen molar-refractivity contribution in [2.75, 3.05) is 26.4 Å². The normalized spacial score (nSPS) is 13.4. The number of carbonyl (C=O) groups is 3. The zero-order valence-corrected chi connectivity index (χ0v) is 46.7. The van der Waals surface area contributed by atoms with E-state index in [-0.39, 0.29) is 25.9 Å². The van der Waals surface area contributed by atoms with Crippen LogP contribution in [0.25, 0.3) is 0 Å². The van der Waals surface area contributed by atoms with E-state index in [4.69, 9.17) is 23.3 Å². The summed E-state index contributed by atoms with van der Waals surface area (Å²) in [5.41, 5.74) is 0. The van der Waals surface area contributed by atoms with Crippen molar-refractivity contribution < 1.29 is 52.2 Å². The third-order valence-electron chi connectivity index (χ3n) is 13.2. The molecule has 0 aromatic carbocycles. The minimum absolute atomic E-state index is 0.175. The van der Waals surface area contributed by atoms with Crippen molar-refractivity contribution in [2.24, 2.45) is 0 Å². The third kappa shape index (κ3) is 51.1. The molecular formula is C58H111O11P. The SMILES string of the molecule is CCCCCCCC/C=C\CCCCCCCC(=O)OCC(COP(=O)(O)OCC(CO)OC(=O)CCCCCCCCCCCCC)OC(=O)CCCCCCCCCCCCCCCCCCC. The minimum Gasteiger partial charge on any atom is -0.462 e. The van der Waals surface area contributed by atoms with Crippen LogP contribution in [-0.2, 0) is 42.2 Å². The van der Waals surface area contributed by atoms with Gasteiger partial charge in [-0.1, -0.05) is 251 Å². The van der Waals surface area contributed by atoms with Crippen molar-refractivity contribution in [1.29, 1.82) is 0 Å². The number of esters is 3. The van der Waals surface area contributed by atoms with Crippen molar-refractivity contribution in [3.8, 4) is 0 Å². The van der Waals surface area contributed by atoms with Crippen LogP contribution in [0.1, 0.15) is 303 Å². The van der Waals surface area contributed by atoms with E-state index in [9.17, 15) is 28.9 Å². The molecule has 0 fully saturated rings. The first-order chi connectivity index (χ1) is 34.2. The van der Waals surface area contributed by atoms with Crippen LogP contribution in [0.3, 0.4) is 0 Å². The number of carbonyl (C=O) groups excluding carboxylic acids is 3. The summed E-state index contributed by atoms with van der Waals surface area (Å²) in [6.45, 7) is 4.68. The molecule has 70 heavy (non-hydrogen) atoms. The number of allylic oxidation sites excluding steroid dienone is 2. The highest BCUT2D eigenvalue weighted by molar-refractivity contribution is 7.47. The fourth-order valence-electron chi connectivity index (χ4n) is 8.65. The van der Waals surface area contributed by atoms with Crippen LogP contribution in [-0.4, -0.2) is 66.5 Å². The molecule has 0 aromatic heterocycles. The van der Waals surface area contributed by atoms with Gasteiger partial charge in [-0.2, -0.15) is 0 Å². The summed E-state index contributed by atoms with van der Waals surface area (Å²) >= 11 is 0. The molecule has 0 radical (unpaired) electrons. The Kier molecular flexibility index (Phi) is 52.1. The first-order valence-electron chi connectivity index (χ1n) is 29.6. The summed E-state index contributed by atoms with van der Waals surface area (Å²) in [5, 5.41) is 9.79. The van der Waals surface area contributed by atoms with Crippen LogP contribution in [0.4, 0.5) is 0 Å². The Morgan fingerprint density at radius 1 is 0.386 bits per heavy atom. The standard InChI is InChI=1S/C58H111O11P/c1-4-7-10-13-16-19-22-24-26-27-29-31-34-37-40-43-46-49-58(62)69-55(51-65-56(60)47-44-41-38-35-33-30-28-25-23-20-17-14-11-8-5-2)53-67-70(63,64)66-52-54(50-59)68-57(61)48-45-42-39-36-32-21-18-15-12-9-6-3/h25,28,54-55,59H,4-24,26-27,29-53H2,1-3H3,(H,63,64)/b28-25-. The molecule has 11 nitrogen and oxygen atoms in total. The van der Waals surface area contributed by atoms with E-state index < -0.39 is 57.8 Å². The van der Waals surface area contributed by atoms with Crippen molar-refractivity contribution in [1.82, 2.24) is 0 Å². The van der Waals surface area contributed by atoms with E-state index in [2.05, 4.69) is 32.9 Å². The summed E-state index contributed by atoms with van der Waals surface area (Å²) in [4.78, 5) is 48.5.